The monoisotopic (exact) mass is 334 g/mol. The summed E-state index contributed by atoms with van der Waals surface area (Å²) in [5.41, 5.74) is -1.06. The number of rotatable bonds is 3. The maximum Gasteiger partial charge on any atom is 0.460 e. The minimum absolute atomic E-state index is 0.0441. The van der Waals surface area contributed by atoms with E-state index in [0.29, 0.717) is 0 Å². The normalized spacial score (nSPS) is 20.0. The molecule has 2 rings (SSSR count). The highest BCUT2D eigenvalue weighted by molar-refractivity contribution is 5.97. The molecule has 0 spiro atoms. The molecule has 1 aromatic carbocycles. The van der Waals surface area contributed by atoms with Gasteiger partial charge in [-0.2, -0.15) is 13.2 Å². The molecule has 1 N–H and O–H groups in total. The number of methoxy groups -OCH3 is 3. The second-order valence-electron chi connectivity index (χ2n) is 4.53. The highest BCUT2D eigenvalue weighted by Gasteiger charge is 2.63. The van der Waals surface area contributed by atoms with Crippen molar-refractivity contribution in [2.45, 2.75) is 12.0 Å². The number of benzene rings is 1. The van der Waals surface area contributed by atoms with Crippen molar-refractivity contribution in [3.63, 3.8) is 0 Å². The highest BCUT2D eigenvalue weighted by atomic mass is 19.4. The van der Waals surface area contributed by atoms with Crippen molar-refractivity contribution in [2.24, 2.45) is 0 Å². The van der Waals surface area contributed by atoms with Gasteiger partial charge < -0.3 is 24.1 Å². The van der Waals surface area contributed by atoms with Crippen LogP contribution in [0.25, 0.3) is 6.08 Å². The second-order valence-corrected chi connectivity index (χ2v) is 4.53. The lowest BCUT2D eigenvalue weighted by molar-refractivity contribution is -0.316. The topological polar surface area (TPSA) is 74.2 Å². The maximum atomic E-state index is 13.2. The van der Waals surface area contributed by atoms with Crippen LogP contribution in [-0.2, 0) is 9.53 Å². The first-order valence-electron chi connectivity index (χ1n) is 6.22. The van der Waals surface area contributed by atoms with Crippen LogP contribution in [0.1, 0.15) is 5.56 Å². The maximum absolute atomic E-state index is 13.2. The predicted molar refractivity (Wildman–Crippen MR) is 71.2 cm³/mol. The smallest absolute Gasteiger partial charge is 0.460 e. The molecule has 0 saturated heterocycles. The molecule has 23 heavy (non-hydrogen) atoms. The van der Waals surface area contributed by atoms with Crippen LogP contribution in [0.15, 0.2) is 17.7 Å². The number of esters is 1. The van der Waals surface area contributed by atoms with Crippen LogP contribution >= 0.6 is 0 Å². The summed E-state index contributed by atoms with van der Waals surface area (Å²) in [5, 5.41) is 9.95. The fourth-order valence-electron chi connectivity index (χ4n) is 2.06. The predicted octanol–water partition coefficient (Wildman–Crippen LogP) is 1.90. The van der Waals surface area contributed by atoms with Gasteiger partial charge in [-0.1, -0.05) is 0 Å². The molecule has 1 aromatic rings. The van der Waals surface area contributed by atoms with Crippen molar-refractivity contribution >= 4 is 12.0 Å². The number of halogens is 3. The Morgan fingerprint density at radius 1 is 1.22 bits per heavy atom. The van der Waals surface area contributed by atoms with Gasteiger partial charge in [0.1, 0.15) is 22.8 Å². The van der Waals surface area contributed by atoms with Crippen LogP contribution in [0.2, 0.25) is 0 Å². The van der Waals surface area contributed by atoms with E-state index >= 15 is 0 Å². The number of carbonyl (C=O) groups excluding carboxylic acids is 1. The first-order chi connectivity index (χ1) is 10.7. The Morgan fingerprint density at radius 3 is 2.35 bits per heavy atom. The highest BCUT2D eigenvalue weighted by Crippen LogP contribution is 2.47. The first kappa shape index (κ1) is 16.9. The standard InChI is InChI=1S/C14H13F3O6/c1-20-7-4-10(21-2)8-6-9(12(18)22-3)13(19,14(15,16)17)23-11(8)5-7/h4-6,19H,1-3H3. The Morgan fingerprint density at radius 2 is 1.87 bits per heavy atom. The van der Waals surface area contributed by atoms with Gasteiger partial charge in [0.15, 0.2) is 0 Å². The summed E-state index contributed by atoms with van der Waals surface area (Å²) in [7, 11) is 3.47. The molecule has 1 aliphatic rings. The van der Waals surface area contributed by atoms with Gasteiger partial charge in [-0.3, -0.25) is 0 Å². The van der Waals surface area contributed by atoms with E-state index < -0.39 is 23.5 Å². The molecule has 0 bridgehead atoms. The molecule has 0 aliphatic carbocycles. The first-order valence-corrected chi connectivity index (χ1v) is 6.22. The van der Waals surface area contributed by atoms with E-state index in [4.69, 9.17) is 14.2 Å². The van der Waals surface area contributed by atoms with Crippen LogP contribution in [-0.4, -0.2) is 44.4 Å². The van der Waals surface area contributed by atoms with E-state index in [1.165, 1.54) is 20.3 Å². The number of alkyl halides is 3. The molecule has 1 atom stereocenters. The molecule has 6 nitrogen and oxygen atoms in total. The largest absolute Gasteiger partial charge is 0.496 e. The molecule has 0 aromatic heterocycles. The Hall–Kier alpha value is -2.42. The minimum atomic E-state index is -5.28. The Labute approximate surface area is 129 Å². The third-order valence-electron chi connectivity index (χ3n) is 3.23. The van der Waals surface area contributed by atoms with Gasteiger partial charge in [-0.15, -0.1) is 0 Å². The zero-order chi connectivity index (χ0) is 17.4. The number of carbonyl (C=O) groups is 1. The average molecular weight is 334 g/mol. The lowest BCUT2D eigenvalue weighted by Crippen LogP contribution is -2.55. The molecule has 9 heteroatoms. The summed E-state index contributed by atoms with van der Waals surface area (Å²) < 4.78 is 58.7. The number of ether oxygens (including phenoxy) is 4. The number of hydrogen-bond acceptors (Lipinski definition) is 6. The van der Waals surface area contributed by atoms with Gasteiger partial charge in [0.25, 0.3) is 0 Å². The molecule has 0 amide bonds. The van der Waals surface area contributed by atoms with E-state index in [1.54, 1.807) is 0 Å². The zero-order valence-corrected chi connectivity index (χ0v) is 12.4. The Bertz CT molecular complexity index is 667. The molecule has 1 unspecified atom stereocenters. The fraction of sp³-hybridized carbons (Fsp3) is 0.357. The zero-order valence-electron chi connectivity index (χ0n) is 12.4. The van der Waals surface area contributed by atoms with Gasteiger partial charge in [0.05, 0.1) is 26.9 Å². The van der Waals surface area contributed by atoms with Crippen molar-refractivity contribution in [3.8, 4) is 17.2 Å². The summed E-state index contributed by atoms with van der Waals surface area (Å²) in [6.07, 6.45) is -4.46. The van der Waals surface area contributed by atoms with E-state index in [0.717, 1.165) is 19.3 Å². The Kier molecular flexibility index (Phi) is 4.16. The summed E-state index contributed by atoms with van der Waals surface area (Å²) in [6, 6.07) is 2.53. The molecular weight excluding hydrogens is 321 g/mol. The van der Waals surface area contributed by atoms with Crippen LogP contribution in [0, 0.1) is 0 Å². The SMILES string of the molecule is COC(=O)C1=Cc2c(OC)cc(OC)cc2OC1(O)C(F)(F)F. The summed E-state index contributed by atoms with van der Waals surface area (Å²) in [4.78, 5) is 11.7. The Balaban J connectivity index is 2.73. The summed E-state index contributed by atoms with van der Waals surface area (Å²) >= 11 is 0. The lowest BCUT2D eigenvalue weighted by Gasteiger charge is -2.35. The molecule has 0 radical (unpaired) electrons. The van der Waals surface area contributed by atoms with E-state index in [2.05, 4.69) is 4.74 Å². The molecule has 0 fully saturated rings. The molecule has 1 heterocycles. The van der Waals surface area contributed by atoms with Gasteiger partial charge in [0.2, 0.25) is 0 Å². The number of hydrogen-bond donors (Lipinski definition) is 1. The lowest BCUT2D eigenvalue weighted by atomic mass is 9.97. The molecule has 0 saturated carbocycles. The molecular formula is C14H13F3O6. The van der Waals surface area contributed by atoms with Crippen LogP contribution in [0.5, 0.6) is 17.2 Å². The van der Waals surface area contributed by atoms with Gasteiger partial charge in [0, 0.05) is 12.1 Å². The van der Waals surface area contributed by atoms with Crippen molar-refractivity contribution in [1.82, 2.24) is 0 Å². The van der Waals surface area contributed by atoms with Crippen molar-refractivity contribution in [2.75, 3.05) is 21.3 Å². The van der Waals surface area contributed by atoms with E-state index in [9.17, 15) is 23.1 Å². The van der Waals surface area contributed by atoms with Crippen molar-refractivity contribution < 1.29 is 42.0 Å². The summed E-state index contributed by atoms with van der Waals surface area (Å²) in [5.74, 6) is -5.32. The minimum Gasteiger partial charge on any atom is -0.496 e. The van der Waals surface area contributed by atoms with Crippen molar-refractivity contribution in [3.05, 3.63) is 23.3 Å². The number of fused-ring (bicyclic) bond motifs is 1. The fourth-order valence-corrected chi connectivity index (χ4v) is 2.06. The second kappa shape index (κ2) is 5.65. The van der Waals surface area contributed by atoms with Crippen LogP contribution in [0.4, 0.5) is 13.2 Å². The number of aliphatic hydroxyl groups is 1. The van der Waals surface area contributed by atoms with Gasteiger partial charge >= 0.3 is 17.9 Å². The quantitative estimate of drug-likeness (QED) is 0.851. The summed E-state index contributed by atoms with van der Waals surface area (Å²) in [6.45, 7) is 0. The third kappa shape index (κ3) is 2.67. The van der Waals surface area contributed by atoms with Gasteiger partial charge in [-0.05, 0) is 6.08 Å². The average Bonchev–Trinajstić information content (AvgIpc) is 2.51. The van der Waals surface area contributed by atoms with E-state index in [1.807, 2.05) is 0 Å². The molecule has 1 aliphatic heterocycles. The van der Waals surface area contributed by atoms with Crippen LogP contribution in [0.3, 0.4) is 0 Å². The third-order valence-corrected chi connectivity index (χ3v) is 3.23. The molecule has 126 valence electrons. The van der Waals surface area contributed by atoms with Gasteiger partial charge in [-0.25, -0.2) is 4.79 Å². The van der Waals surface area contributed by atoms with Crippen LogP contribution < -0.4 is 14.2 Å². The van der Waals surface area contributed by atoms with E-state index in [-0.39, 0.29) is 22.8 Å². The van der Waals surface area contributed by atoms with Crippen molar-refractivity contribution in [1.29, 1.82) is 0 Å².